The Bertz CT molecular complexity index is 413. The van der Waals surface area contributed by atoms with Gasteiger partial charge < -0.3 is 15.3 Å². The van der Waals surface area contributed by atoms with Crippen molar-refractivity contribution in [3.8, 4) is 0 Å². The summed E-state index contributed by atoms with van der Waals surface area (Å²) in [5.74, 6) is -0.197. The summed E-state index contributed by atoms with van der Waals surface area (Å²) in [6.45, 7) is 20.2. The number of amides is 1. The quantitative estimate of drug-likeness (QED) is 0.582. The summed E-state index contributed by atoms with van der Waals surface area (Å²) in [6.07, 6.45) is 0.950. The van der Waals surface area contributed by atoms with E-state index in [0.29, 0.717) is 22.8 Å². The van der Waals surface area contributed by atoms with Crippen molar-refractivity contribution in [2.24, 2.45) is 16.7 Å². The minimum absolute atomic E-state index is 0.292. The summed E-state index contributed by atoms with van der Waals surface area (Å²) in [5.41, 5.74) is 0.612. The van der Waals surface area contributed by atoms with E-state index < -0.39 is 5.97 Å². The van der Waals surface area contributed by atoms with Crippen LogP contribution in [0.25, 0.3) is 0 Å². The SMILES string of the molecule is CC(=O)O.CC(=S)NC(C)C(C)(C)C.CC1CN(C=O)CC1(C)C. The molecular formula is C18H36N2O3S. The number of aliphatic carboxylic acids is 1. The molecule has 1 heterocycles. The molecule has 2 atom stereocenters. The van der Waals surface area contributed by atoms with Crippen LogP contribution in [-0.4, -0.2) is 46.5 Å². The van der Waals surface area contributed by atoms with Gasteiger partial charge in [-0.05, 0) is 30.6 Å². The molecule has 2 N–H and O–H groups in total. The Balaban J connectivity index is 0. The second-order valence-electron chi connectivity index (χ2n) is 8.23. The largest absolute Gasteiger partial charge is 0.481 e. The van der Waals surface area contributed by atoms with E-state index in [-0.39, 0.29) is 0 Å². The highest BCUT2D eigenvalue weighted by molar-refractivity contribution is 7.80. The highest BCUT2D eigenvalue weighted by atomic mass is 32.1. The zero-order valence-electron chi connectivity index (χ0n) is 16.8. The summed E-state index contributed by atoms with van der Waals surface area (Å²) >= 11 is 4.93. The molecule has 1 fully saturated rings. The third-order valence-electron chi connectivity index (χ3n) is 4.32. The van der Waals surface area contributed by atoms with Crippen LogP contribution in [-0.2, 0) is 9.59 Å². The van der Waals surface area contributed by atoms with Crippen LogP contribution in [0.4, 0.5) is 0 Å². The highest BCUT2D eigenvalue weighted by Crippen LogP contribution is 2.33. The Kier molecular flexibility index (Phi) is 11.1. The van der Waals surface area contributed by atoms with Crippen LogP contribution in [0.1, 0.15) is 62.3 Å². The Morgan fingerprint density at radius 2 is 1.79 bits per heavy atom. The predicted molar refractivity (Wildman–Crippen MR) is 104 cm³/mol. The molecule has 142 valence electrons. The van der Waals surface area contributed by atoms with Gasteiger partial charge in [-0.2, -0.15) is 0 Å². The molecule has 1 saturated heterocycles. The molecule has 0 aliphatic carbocycles. The van der Waals surface area contributed by atoms with Crippen molar-refractivity contribution >= 4 is 29.6 Å². The molecule has 0 bridgehead atoms. The van der Waals surface area contributed by atoms with Crippen molar-refractivity contribution in [1.29, 1.82) is 0 Å². The number of hydrogen-bond acceptors (Lipinski definition) is 3. The van der Waals surface area contributed by atoms with Crippen LogP contribution in [0.3, 0.4) is 0 Å². The Morgan fingerprint density at radius 1 is 1.38 bits per heavy atom. The fourth-order valence-electron chi connectivity index (χ4n) is 1.94. The number of nitrogens with zero attached hydrogens (tertiary/aromatic N) is 1. The summed E-state index contributed by atoms with van der Waals surface area (Å²) in [6, 6.07) is 0.449. The minimum Gasteiger partial charge on any atom is -0.481 e. The number of carbonyl (C=O) groups is 2. The molecule has 24 heavy (non-hydrogen) atoms. The molecule has 0 spiro atoms. The van der Waals surface area contributed by atoms with Crippen LogP contribution < -0.4 is 5.32 Å². The minimum atomic E-state index is -0.833. The van der Waals surface area contributed by atoms with Gasteiger partial charge in [0, 0.05) is 26.1 Å². The lowest BCUT2D eigenvalue weighted by Gasteiger charge is -2.28. The number of likely N-dealkylation sites (tertiary alicyclic amines) is 1. The first-order valence-electron chi connectivity index (χ1n) is 8.29. The van der Waals surface area contributed by atoms with Gasteiger partial charge in [0.25, 0.3) is 5.97 Å². The molecule has 0 saturated carbocycles. The van der Waals surface area contributed by atoms with Gasteiger partial charge in [-0.25, -0.2) is 0 Å². The lowest BCUT2D eigenvalue weighted by Crippen LogP contribution is -2.39. The standard InChI is InChI=1S/C8H15NO.C8H17NS.C2H4O2/c1-7-4-9(6-10)5-8(7,2)3;1-6(8(3,4)5)9-7(2)10;1-2(3)4/h6-7H,4-5H2,1-3H3;6H,1-5H3,(H,9,10);1H3,(H,3,4). The molecule has 0 radical (unpaired) electrons. The van der Waals surface area contributed by atoms with E-state index in [1.807, 2.05) is 11.8 Å². The maximum absolute atomic E-state index is 10.4. The smallest absolute Gasteiger partial charge is 0.300 e. The average Bonchev–Trinajstić information content (AvgIpc) is 2.61. The summed E-state index contributed by atoms with van der Waals surface area (Å²) in [7, 11) is 0. The van der Waals surface area contributed by atoms with Gasteiger partial charge in [0.15, 0.2) is 0 Å². The number of hydrogen-bond donors (Lipinski definition) is 2. The molecule has 1 amide bonds. The zero-order valence-corrected chi connectivity index (χ0v) is 17.6. The van der Waals surface area contributed by atoms with Crippen molar-refractivity contribution < 1.29 is 14.7 Å². The van der Waals surface area contributed by atoms with Gasteiger partial charge in [0.05, 0.1) is 4.99 Å². The Labute approximate surface area is 153 Å². The first kappa shape index (κ1) is 25.1. The summed E-state index contributed by atoms with van der Waals surface area (Å²) in [4.78, 5) is 22.1. The fourth-order valence-corrected chi connectivity index (χ4v) is 2.12. The van der Waals surface area contributed by atoms with E-state index in [0.717, 1.165) is 31.4 Å². The van der Waals surface area contributed by atoms with Gasteiger partial charge in [0.2, 0.25) is 6.41 Å². The molecule has 6 heteroatoms. The molecule has 1 rings (SSSR count). The van der Waals surface area contributed by atoms with E-state index in [4.69, 9.17) is 22.1 Å². The summed E-state index contributed by atoms with van der Waals surface area (Å²) < 4.78 is 0. The second-order valence-corrected chi connectivity index (χ2v) is 8.84. The molecule has 1 aliphatic rings. The van der Waals surface area contributed by atoms with Crippen LogP contribution in [0.5, 0.6) is 0 Å². The van der Waals surface area contributed by atoms with Crippen molar-refractivity contribution in [2.75, 3.05) is 13.1 Å². The lowest BCUT2D eigenvalue weighted by molar-refractivity contribution is -0.134. The number of carbonyl (C=O) groups excluding carboxylic acids is 1. The number of carboxylic acids is 1. The fraction of sp³-hybridized carbons (Fsp3) is 0.833. The van der Waals surface area contributed by atoms with Crippen LogP contribution in [0.2, 0.25) is 0 Å². The monoisotopic (exact) mass is 360 g/mol. The average molecular weight is 361 g/mol. The normalized spacial score (nSPS) is 19.9. The number of carboxylic acid groups (broad SMARTS) is 1. The molecular weight excluding hydrogens is 324 g/mol. The van der Waals surface area contributed by atoms with Gasteiger partial charge >= 0.3 is 0 Å². The molecule has 1 aliphatic heterocycles. The van der Waals surface area contributed by atoms with E-state index in [1.165, 1.54) is 0 Å². The van der Waals surface area contributed by atoms with E-state index in [2.05, 4.69) is 53.8 Å². The van der Waals surface area contributed by atoms with Crippen molar-refractivity contribution in [1.82, 2.24) is 10.2 Å². The molecule has 2 unspecified atom stereocenters. The molecule has 0 aromatic rings. The predicted octanol–water partition coefficient (Wildman–Crippen LogP) is 3.57. The summed E-state index contributed by atoms with van der Waals surface area (Å²) in [5, 5.41) is 10.6. The van der Waals surface area contributed by atoms with Crippen molar-refractivity contribution in [3.63, 3.8) is 0 Å². The number of rotatable bonds is 2. The zero-order chi connectivity index (χ0) is 19.7. The number of nitrogens with one attached hydrogen (secondary N) is 1. The second kappa shape index (κ2) is 10.6. The molecule has 5 nitrogen and oxygen atoms in total. The third-order valence-corrected chi connectivity index (χ3v) is 4.44. The van der Waals surface area contributed by atoms with Gasteiger partial charge in [-0.1, -0.05) is 53.8 Å². The maximum atomic E-state index is 10.4. The Morgan fingerprint density at radius 3 is 1.92 bits per heavy atom. The molecule has 0 aromatic heterocycles. The maximum Gasteiger partial charge on any atom is 0.300 e. The topological polar surface area (TPSA) is 69.6 Å². The van der Waals surface area contributed by atoms with E-state index in [1.54, 1.807) is 0 Å². The van der Waals surface area contributed by atoms with Crippen LogP contribution in [0, 0.1) is 16.7 Å². The first-order chi connectivity index (χ1) is 10.6. The van der Waals surface area contributed by atoms with Gasteiger partial charge in [-0.15, -0.1) is 0 Å². The highest BCUT2D eigenvalue weighted by Gasteiger charge is 2.35. The molecule has 0 aromatic carbocycles. The van der Waals surface area contributed by atoms with Crippen LogP contribution >= 0.6 is 12.2 Å². The lowest BCUT2D eigenvalue weighted by atomic mass is 9.84. The van der Waals surface area contributed by atoms with Gasteiger partial charge in [-0.3, -0.25) is 9.59 Å². The van der Waals surface area contributed by atoms with E-state index in [9.17, 15) is 4.79 Å². The third kappa shape index (κ3) is 12.3. The number of thiocarbonyl (C=S) groups is 1. The van der Waals surface area contributed by atoms with Crippen molar-refractivity contribution in [3.05, 3.63) is 0 Å². The Hall–Kier alpha value is -1.17. The van der Waals surface area contributed by atoms with Crippen molar-refractivity contribution in [2.45, 2.75) is 68.4 Å². The van der Waals surface area contributed by atoms with Gasteiger partial charge in [0.1, 0.15) is 0 Å². The van der Waals surface area contributed by atoms with Crippen LogP contribution in [0.15, 0.2) is 0 Å². The van der Waals surface area contributed by atoms with E-state index >= 15 is 0 Å². The first-order valence-corrected chi connectivity index (χ1v) is 8.70.